The number of nitrogens with zero attached hydrogens (tertiary/aromatic N) is 2. The molecule has 0 bridgehead atoms. The zero-order valence-electron chi connectivity index (χ0n) is 22.6. The number of hydrogen-bond acceptors (Lipinski definition) is 5. The number of nitrogens with one attached hydrogen (secondary N) is 1. The molecule has 1 atom stereocenters. The van der Waals surface area contributed by atoms with Gasteiger partial charge in [0.1, 0.15) is 17.9 Å². The van der Waals surface area contributed by atoms with Crippen LogP contribution < -0.4 is 10.1 Å². The van der Waals surface area contributed by atoms with Crippen molar-refractivity contribution >= 4 is 22.7 Å². The molecule has 2 heterocycles. The Kier molecular flexibility index (Phi) is 7.52. The number of carbonyl (C=O) groups excluding carboxylic acids is 1. The van der Waals surface area contributed by atoms with Gasteiger partial charge in [-0.25, -0.2) is 4.79 Å². The molecule has 4 aromatic rings. The molecule has 2 aliphatic rings. The number of carbonyl (C=O) groups is 1. The third-order valence-electron chi connectivity index (χ3n) is 7.50. The first kappa shape index (κ1) is 27.7. The van der Waals surface area contributed by atoms with Crippen molar-refractivity contribution in [3.63, 3.8) is 0 Å². The van der Waals surface area contributed by atoms with Gasteiger partial charge in [0.2, 0.25) is 6.10 Å². The van der Waals surface area contributed by atoms with E-state index in [1.807, 2.05) is 18.2 Å². The number of amides is 1. The monoisotopic (exact) mass is 575 g/mol. The van der Waals surface area contributed by atoms with E-state index < -0.39 is 18.4 Å². The highest BCUT2D eigenvalue weighted by molar-refractivity contribution is 5.96. The van der Waals surface area contributed by atoms with Gasteiger partial charge in [-0.3, -0.25) is 5.32 Å². The Morgan fingerprint density at radius 1 is 1.00 bits per heavy atom. The van der Waals surface area contributed by atoms with Gasteiger partial charge in [0.15, 0.2) is 0 Å². The van der Waals surface area contributed by atoms with Crippen molar-refractivity contribution in [2.75, 3.05) is 18.5 Å². The van der Waals surface area contributed by atoms with Crippen molar-refractivity contribution in [2.45, 2.75) is 50.1 Å². The van der Waals surface area contributed by atoms with Crippen molar-refractivity contribution in [1.82, 2.24) is 4.57 Å². The molecule has 0 spiro atoms. The molecule has 7 nitrogen and oxygen atoms in total. The number of rotatable bonds is 7. The van der Waals surface area contributed by atoms with Gasteiger partial charge in [-0.2, -0.15) is 18.4 Å². The number of fused-ring (bicyclic) bond motifs is 1. The third-order valence-corrected chi connectivity index (χ3v) is 7.50. The summed E-state index contributed by atoms with van der Waals surface area (Å²) < 4.78 is 59.5. The van der Waals surface area contributed by atoms with Gasteiger partial charge in [-0.05, 0) is 42.7 Å². The van der Waals surface area contributed by atoms with Crippen LogP contribution in [0.3, 0.4) is 0 Å². The minimum atomic E-state index is -4.78. The maximum Gasteiger partial charge on any atom is 0.429 e. The first-order chi connectivity index (χ1) is 20.3. The molecular weight excluding hydrogens is 547 g/mol. The average molecular weight is 576 g/mol. The lowest BCUT2D eigenvalue weighted by Crippen LogP contribution is -2.28. The lowest BCUT2D eigenvalue weighted by molar-refractivity contribution is -0.205. The molecule has 6 rings (SSSR count). The van der Waals surface area contributed by atoms with Crippen molar-refractivity contribution in [2.24, 2.45) is 0 Å². The number of benzene rings is 3. The van der Waals surface area contributed by atoms with Crippen LogP contribution in [0.1, 0.15) is 49.0 Å². The molecule has 3 aromatic carbocycles. The lowest BCUT2D eigenvalue weighted by atomic mass is 10.1. The van der Waals surface area contributed by atoms with Gasteiger partial charge in [0.25, 0.3) is 0 Å². The molecule has 1 saturated carbocycles. The summed E-state index contributed by atoms with van der Waals surface area (Å²) in [4.78, 5) is 12.4. The minimum Gasteiger partial charge on any atom is -0.490 e. The molecule has 1 unspecified atom stereocenters. The zero-order valence-corrected chi connectivity index (χ0v) is 22.6. The number of hydrogen-bond donors (Lipinski definition) is 1. The predicted molar refractivity (Wildman–Crippen MR) is 150 cm³/mol. The summed E-state index contributed by atoms with van der Waals surface area (Å²) >= 11 is 0. The van der Waals surface area contributed by atoms with E-state index in [1.165, 1.54) is 24.3 Å². The van der Waals surface area contributed by atoms with E-state index in [2.05, 4.69) is 16.0 Å². The normalized spacial score (nSPS) is 16.5. The summed E-state index contributed by atoms with van der Waals surface area (Å²) in [5, 5.41) is 13.4. The Morgan fingerprint density at radius 2 is 1.71 bits per heavy atom. The molecule has 1 aromatic heterocycles. The van der Waals surface area contributed by atoms with Crippen LogP contribution in [0.15, 0.2) is 72.8 Å². The number of anilines is 1. The minimum absolute atomic E-state index is 0.0845. The highest BCUT2D eigenvalue weighted by Crippen LogP contribution is 2.45. The van der Waals surface area contributed by atoms with Crippen molar-refractivity contribution in [3.05, 3.63) is 83.9 Å². The van der Waals surface area contributed by atoms with Crippen LogP contribution in [0.25, 0.3) is 22.2 Å². The molecule has 1 aliphatic heterocycles. The van der Waals surface area contributed by atoms with E-state index in [-0.39, 0.29) is 23.4 Å². The first-order valence-corrected chi connectivity index (χ1v) is 13.8. The van der Waals surface area contributed by atoms with E-state index in [0.29, 0.717) is 18.8 Å². The molecule has 10 heteroatoms. The van der Waals surface area contributed by atoms with Crippen LogP contribution in [0, 0.1) is 11.3 Å². The van der Waals surface area contributed by atoms with Gasteiger partial charge in [0.05, 0.1) is 30.0 Å². The molecule has 2 fully saturated rings. The van der Waals surface area contributed by atoms with E-state index in [9.17, 15) is 23.2 Å². The van der Waals surface area contributed by atoms with E-state index in [1.54, 1.807) is 30.3 Å². The summed E-state index contributed by atoms with van der Waals surface area (Å²) in [7, 11) is 0. The van der Waals surface area contributed by atoms with Crippen molar-refractivity contribution in [3.8, 4) is 23.1 Å². The number of alkyl halides is 3. The van der Waals surface area contributed by atoms with Gasteiger partial charge in [-0.1, -0.05) is 42.5 Å². The fourth-order valence-electron chi connectivity index (χ4n) is 5.38. The van der Waals surface area contributed by atoms with Crippen LogP contribution >= 0.6 is 0 Å². The second-order valence-corrected chi connectivity index (χ2v) is 10.5. The van der Waals surface area contributed by atoms with Gasteiger partial charge >= 0.3 is 12.3 Å². The van der Waals surface area contributed by atoms with Crippen LogP contribution in [0.5, 0.6) is 5.75 Å². The lowest BCUT2D eigenvalue weighted by Gasteiger charge is -2.23. The summed E-state index contributed by atoms with van der Waals surface area (Å²) in [5.74, 6) is 0.746. The molecule has 216 valence electrons. The van der Waals surface area contributed by atoms with Crippen molar-refractivity contribution in [1.29, 1.82) is 5.26 Å². The molecule has 1 amide bonds. The highest BCUT2D eigenvalue weighted by atomic mass is 19.4. The molecule has 1 aliphatic carbocycles. The largest absolute Gasteiger partial charge is 0.490 e. The first-order valence-electron chi connectivity index (χ1n) is 13.8. The number of halogens is 3. The number of nitriles is 1. The highest BCUT2D eigenvalue weighted by Gasteiger charge is 2.44. The Morgan fingerprint density at radius 3 is 2.36 bits per heavy atom. The Balaban J connectivity index is 1.25. The Bertz CT molecular complexity index is 1620. The maximum atomic E-state index is 13.6. The predicted octanol–water partition coefficient (Wildman–Crippen LogP) is 7.92. The second kappa shape index (κ2) is 11.4. The molecule has 42 heavy (non-hydrogen) atoms. The van der Waals surface area contributed by atoms with E-state index >= 15 is 0 Å². The smallest absolute Gasteiger partial charge is 0.429 e. The summed E-state index contributed by atoms with van der Waals surface area (Å²) in [6.07, 6.45) is -4.69. The van der Waals surface area contributed by atoms with Gasteiger partial charge in [0, 0.05) is 41.6 Å². The quantitative estimate of drug-likeness (QED) is 0.242. The summed E-state index contributed by atoms with van der Waals surface area (Å²) in [6.45, 7) is 1.35. The van der Waals surface area contributed by atoms with E-state index in [0.717, 1.165) is 53.6 Å². The Labute approximate surface area is 240 Å². The van der Waals surface area contributed by atoms with Gasteiger partial charge < -0.3 is 18.8 Å². The average Bonchev–Trinajstić information content (AvgIpc) is 3.78. The van der Waals surface area contributed by atoms with Crippen molar-refractivity contribution < 1.29 is 32.2 Å². The molecular formula is C32H28F3N3O4. The van der Waals surface area contributed by atoms with E-state index in [4.69, 9.17) is 14.2 Å². The van der Waals surface area contributed by atoms with Crippen LogP contribution in [-0.4, -0.2) is 36.2 Å². The number of ether oxygens (including phenoxy) is 3. The summed E-state index contributed by atoms with van der Waals surface area (Å²) in [6, 6.07) is 22.0. The number of aromatic nitrogens is 1. The van der Waals surface area contributed by atoms with Crippen LogP contribution in [0.2, 0.25) is 0 Å². The third kappa shape index (κ3) is 5.78. The fraction of sp³-hybridized carbons (Fsp3) is 0.312. The summed E-state index contributed by atoms with van der Waals surface area (Å²) in [5.41, 5.74) is 3.04. The van der Waals surface area contributed by atoms with Crippen LogP contribution in [0.4, 0.5) is 23.7 Å². The zero-order chi connectivity index (χ0) is 29.3. The fourth-order valence-corrected chi connectivity index (χ4v) is 5.38. The maximum absolute atomic E-state index is 13.6. The second-order valence-electron chi connectivity index (χ2n) is 10.5. The Hall–Kier alpha value is -4.49. The van der Waals surface area contributed by atoms with Gasteiger partial charge in [-0.15, -0.1) is 0 Å². The molecule has 0 radical (unpaired) electrons. The molecule has 1 N–H and O–H groups in total. The van der Waals surface area contributed by atoms with Crippen LogP contribution in [-0.2, 0) is 9.47 Å². The standard InChI is InChI=1S/C32H28F3N3O4/c33-32(34,35)30(21-4-2-1-3-5-21)42-31(39)37-22-8-6-20(7-9-22)29-27(19-36)26-13-12-25(41-24-14-16-40-17-15-24)18-28(26)38(29)23-10-11-23/h1-9,12-13,18,23-24,30H,10-11,14-17H2,(H,37,39). The topological polar surface area (TPSA) is 85.5 Å². The SMILES string of the molecule is N#Cc1c(-c2ccc(NC(=O)OC(c3ccccc3)C(F)(F)F)cc2)n(C2CC2)c2cc(OC3CCOCC3)ccc12. The molecule has 1 saturated heterocycles.